The van der Waals surface area contributed by atoms with E-state index in [2.05, 4.69) is 20.9 Å². The lowest BCUT2D eigenvalue weighted by atomic mass is 9.99. The van der Waals surface area contributed by atoms with Crippen LogP contribution in [0.25, 0.3) is 11.1 Å². The normalized spacial score (nSPS) is 12.2. The van der Waals surface area contributed by atoms with Crippen molar-refractivity contribution in [3.8, 4) is 11.1 Å². The molecule has 0 fully saturated rings. The van der Waals surface area contributed by atoms with E-state index in [1.54, 1.807) is 36.4 Å². The lowest BCUT2D eigenvalue weighted by Crippen LogP contribution is -2.57. The third-order valence-electron chi connectivity index (χ3n) is 8.44. The van der Waals surface area contributed by atoms with Gasteiger partial charge in [-0.15, -0.1) is 0 Å². The van der Waals surface area contributed by atoms with Crippen LogP contribution in [0.1, 0.15) is 42.4 Å². The van der Waals surface area contributed by atoms with Gasteiger partial charge in [0.2, 0.25) is 17.7 Å². The maximum absolute atomic E-state index is 13.9. The van der Waals surface area contributed by atoms with Crippen LogP contribution in [-0.4, -0.2) is 60.4 Å². The van der Waals surface area contributed by atoms with Crippen LogP contribution in [0.15, 0.2) is 120 Å². The molecule has 0 saturated heterocycles. The Morgan fingerprint density at radius 3 is 1.67 bits per heavy atom. The summed E-state index contributed by atoms with van der Waals surface area (Å²) in [7, 11) is 0. The van der Waals surface area contributed by atoms with E-state index in [0.29, 0.717) is 12.0 Å². The average molecular weight is 750 g/mol. The molecule has 0 saturated carbocycles. The molecule has 4 aromatic carbocycles. The number of hydrogen-bond acceptors (Lipinski definition) is 8. The van der Waals surface area contributed by atoms with Crippen molar-refractivity contribution in [2.75, 3.05) is 6.54 Å². The van der Waals surface area contributed by atoms with Crippen molar-refractivity contribution in [1.29, 1.82) is 0 Å². The van der Waals surface area contributed by atoms with Gasteiger partial charge in [0.05, 0.1) is 0 Å². The van der Waals surface area contributed by atoms with Gasteiger partial charge in [-0.05, 0) is 47.1 Å². The minimum Gasteiger partial charge on any atom is -0.461 e. The van der Waals surface area contributed by atoms with Crippen molar-refractivity contribution in [2.24, 2.45) is 22.2 Å². The van der Waals surface area contributed by atoms with Gasteiger partial charge in [-0.25, -0.2) is 4.79 Å². The van der Waals surface area contributed by atoms with E-state index >= 15 is 0 Å². The number of hydrogen-bond donors (Lipinski definition) is 6. The number of benzene rings is 4. The number of esters is 1. The van der Waals surface area contributed by atoms with Crippen molar-refractivity contribution in [3.05, 3.63) is 132 Å². The van der Waals surface area contributed by atoms with Crippen LogP contribution >= 0.6 is 0 Å². The maximum atomic E-state index is 13.9. The van der Waals surface area contributed by atoms with Crippen molar-refractivity contribution in [1.82, 2.24) is 16.0 Å². The topological polar surface area (TPSA) is 230 Å². The molecule has 0 bridgehead atoms. The fourth-order valence-corrected chi connectivity index (χ4v) is 5.49. The van der Waals surface area contributed by atoms with E-state index < -0.39 is 47.9 Å². The minimum atomic E-state index is -1.31. The van der Waals surface area contributed by atoms with Gasteiger partial charge in [-0.1, -0.05) is 115 Å². The van der Waals surface area contributed by atoms with Gasteiger partial charge in [0.25, 0.3) is 0 Å². The summed E-state index contributed by atoms with van der Waals surface area (Å²) in [5.41, 5.74) is 20.6. The van der Waals surface area contributed by atoms with Crippen LogP contribution in [-0.2, 0) is 48.3 Å². The first-order valence-electron chi connectivity index (χ1n) is 17.8. The number of aliphatic imine (C=N–C) groups is 1. The Labute approximate surface area is 319 Å². The number of nitrogens with zero attached hydrogens (tertiary/aromatic N) is 1. The van der Waals surface area contributed by atoms with E-state index in [0.717, 1.165) is 22.3 Å². The summed E-state index contributed by atoms with van der Waals surface area (Å²) in [5.74, 6) is -2.96. The lowest BCUT2D eigenvalue weighted by molar-refractivity contribution is -0.145. The summed E-state index contributed by atoms with van der Waals surface area (Å²) in [6.45, 7) is 0.167. The SMILES string of the molecule is NC(=O)C(CCCN=C(N)N)NC(=O)C(Cc1ccc(-c2ccccc2)cc1)NC(=O)C(CCC(=O)OCc1ccccc1)NC(=O)OCc1ccccc1. The molecule has 14 nitrogen and oxygen atoms in total. The summed E-state index contributed by atoms with van der Waals surface area (Å²) in [4.78, 5) is 69.7. The molecule has 0 aliphatic heterocycles. The molecule has 0 aromatic heterocycles. The number of alkyl carbamates (subject to hydrolysis) is 1. The van der Waals surface area contributed by atoms with Gasteiger partial charge >= 0.3 is 12.1 Å². The van der Waals surface area contributed by atoms with E-state index in [1.165, 1.54) is 0 Å². The number of rotatable bonds is 20. The van der Waals surface area contributed by atoms with Gasteiger partial charge in [0.1, 0.15) is 31.3 Å². The zero-order chi connectivity index (χ0) is 39.4. The van der Waals surface area contributed by atoms with Crippen molar-refractivity contribution >= 4 is 35.7 Å². The Morgan fingerprint density at radius 2 is 1.09 bits per heavy atom. The van der Waals surface area contributed by atoms with Crippen LogP contribution in [0.2, 0.25) is 0 Å². The number of nitrogens with one attached hydrogen (secondary N) is 3. The first-order valence-corrected chi connectivity index (χ1v) is 17.8. The van der Waals surface area contributed by atoms with E-state index in [1.807, 2.05) is 78.9 Å². The Kier molecular flexibility index (Phi) is 16.2. The lowest BCUT2D eigenvalue weighted by Gasteiger charge is -2.25. The fraction of sp³-hybridized carbons (Fsp3) is 0.268. The molecule has 14 heteroatoms. The van der Waals surface area contributed by atoms with Crippen molar-refractivity contribution in [2.45, 2.75) is 63.4 Å². The van der Waals surface area contributed by atoms with Crippen LogP contribution in [0.4, 0.5) is 4.79 Å². The second-order valence-electron chi connectivity index (χ2n) is 12.7. The van der Waals surface area contributed by atoms with Crippen LogP contribution in [0.3, 0.4) is 0 Å². The van der Waals surface area contributed by atoms with Crippen molar-refractivity contribution < 1.29 is 33.4 Å². The second kappa shape index (κ2) is 21.7. The monoisotopic (exact) mass is 749 g/mol. The highest BCUT2D eigenvalue weighted by molar-refractivity contribution is 5.94. The van der Waals surface area contributed by atoms with E-state index in [4.69, 9.17) is 26.7 Å². The summed E-state index contributed by atoms with van der Waals surface area (Å²) < 4.78 is 10.7. The highest BCUT2D eigenvalue weighted by Gasteiger charge is 2.30. The molecule has 288 valence electrons. The third kappa shape index (κ3) is 14.7. The molecule has 3 atom stereocenters. The standard InChI is InChI=1S/C41H47N7O7/c42-37(50)33(17-10-24-45-40(43)44)46-39(52)35(25-28-18-20-32(21-19-28)31-15-8-3-9-16-31)47-38(51)34(48-41(53)55-27-30-13-6-2-7-14-30)22-23-36(49)54-26-29-11-4-1-5-12-29/h1-9,11-16,18-21,33-35H,10,17,22-27H2,(H2,42,50)(H,46,52)(H,47,51)(H,48,53)(H4,43,44,45). The van der Waals surface area contributed by atoms with E-state index in [-0.39, 0.29) is 51.4 Å². The molecule has 0 aliphatic carbocycles. The number of carbonyl (C=O) groups is 5. The van der Waals surface area contributed by atoms with Gasteiger partial charge in [0, 0.05) is 19.4 Å². The predicted molar refractivity (Wildman–Crippen MR) is 208 cm³/mol. The number of carbonyl (C=O) groups excluding carboxylic acids is 5. The molecule has 0 aliphatic rings. The maximum Gasteiger partial charge on any atom is 0.408 e. The van der Waals surface area contributed by atoms with Crippen LogP contribution < -0.4 is 33.2 Å². The molecule has 3 unspecified atom stereocenters. The largest absolute Gasteiger partial charge is 0.461 e. The fourth-order valence-electron chi connectivity index (χ4n) is 5.49. The Hall–Kier alpha value is -6.70. The first kappa shape index (κ1) is 41.1. The van der Waals surface area contributed by atoms with Crippen LogP contribution in [0, 0.1) is 0 Å². The number of ether oxygens (including phenoxy) is 2. The van der Waals surface area contributed by atoms with Gasteiger partial charge in [-0.3, -0.25) is 24.2 Å². The third-order valence-corrected chi connectivity index (χ3v) is 8.44. The second-order valence-corrected chi connectivity index (χ2v) is 12.7. The molecule has 4 aromatic rings. The Morgan fingerprint density at radius 1 is 0.564 bits per heavy atom. The molecule has 0 radical (unpaired) electrons. The highest BCUT2D eigenvalue weighted by Crippen LogP contribution is 2.20. The average Bonchev–Trinajstić information content (AvgIpc) is 3.19. The number of primary amides is 1. The quantitative estimate of drug-likeness (QED) is 0.0337. The molecule has 55 heavy (non-hydrogen) atoms. The summed E-state index contributed by atoms with van der Waals surface area (Å²) in [6.07, 6.45) is -0.839. The van der Waals surface area contributed by atoms with Gasteiger partial charge in [-0.2, -0.15) is 0 Å². The number of guanidine groups is 1. The van der Waals surface area contributed by atoms with Gasteiger partial charge < -0.3 is 42.6 Å². The molecular formula is C41H47N7O7. The molecule has 4 amide bonds. The first-order chi connectivity index (χ1) is 26.6. The summed E-state index contributed by atoms with van der Waals surface area (Å²) >= 11 is 0. The summed E-state index contributed by atoms with van der Waals surface area (Å²) in [6, 6.07) is 31.6. The molecule has 0 heterocycles. The summed E-state index contributed by atoms with van der Waals surface area (Å²) in [5, 5.41) is 7.89. The number of nitrogens with two attached hydrogens (primary N) is 3. The molecule has 4 rings (SSSR count). The van der Waals surface area contributed by atoms with Gasteiger partial charge in [0.15, 0.2) is 5.96 Å². The zero-order valence-electron chi connectivity index (χ0n) is 30.4. The predicted octanol–water partition coefficient (Wildman–Crippen LogP) is 3.22. The smallest absolute Gasteiger partial charge is 0.408 e. The zero-order valence-corrected chi connectivity index (χ0v) is 30.4. The van der Waals surface area contributed by atoms with Crippen LogP contribution in [0.5, 0.6) is 0 Å². The molecular weight excluding hydrogens is 702 g/mol. The van der Waals surface area contributed by atoms with Crippen molar-refractivity contribution in [3.63, 3.8) is 0 Å². The Bertz CT molecular complexity index is 1870. The Balaban J connectivity index is 1.52. The van der Waals surface area contributed by atoms with E-state index in [9.17, 15) is 24.0 Å². The number of amides is 4. The highest BCUT2D eigenvalue weighted by atomic mass is 16.5. The molecule has 9 N–H and O–H groups in total. The minimum absolute atomic E-state index is 0.0103. The molecule has 0 spiro atoms.